The summed E-state index contributed by atoms with van der Waals surface area (Å²) in [6, 6.07) is 7.01. The number of ether oxygens (including phenoxy) is 1. The first-order valence-corrected chi connectivity index (χ1v) is 10.1. The Morgan fingerprint density at radius 3 is 2.38 bits per heavy atom. The summed E-state index contributed by atoms with van der Waals surface area (Å²) in [4.78, 5) is 12.4. The van der Waals surface area contributed by atoms with E-state index in [0.29, 0.717) is 31.6 Å². The SMILES string of the molecule is CC(C)NS(=O)(=O)Cc1ccccc1CNC(=O)C1(N)CCOCC1.Cl. The number of amides is 1. The molecular formula is C17H28ClN3O4S. The molecule has 0 spiro atoms. The normalized spacial score (nSPS) is 16.8. The lowest BCUT2D eigenvalue weighted by atomic mass is 9.90. The Kier molecular flexibility index (Phi) is 8.49. The first-order valence-electron chi connectivity index (χ1n) is 8.43. The van der Waals surface area contributed by atoms with Crippen LogP contribution in [0.3, 0.4) is 0 Å². The van der Waals surface area contributed by atoms with Crippen molar-refractivity contribution in [1.82, 2.24) is 10.0 Å². The maximum absolute atomic E-state index is 12.4. The third-order valence-corrected chi connectivity index (χ3v) is 5.68. The van der Waals surface area contributed by atoms with Crippen LogP contribution in [-0.4, -0.2) is 39.1 Å². The molecule has 1 saturated heterocycles. The number of sulfonamides is 1. The fourth-order valence-corrected chi connectivity index (χ4v) is 4.28. The summed E-state index contributed by atoms with van der Waals surface area (Å²) in [6.07, 6.45) is 0.959. The third-order valence-electron chi connectivity index (χ3n) is 4.16. The number of benzene rings is 1. The first-order chi connectivity index (χ1) is 11.7. The molecule has 0 aliphatic carbocycles. The van der Waals surface area contributed by atoms with E-state index in [9.17, 15) is 13.2 Å². The van der Waals surface area contributed by atoms with Crippen LogP contribution in [0.4, 0.5) is 0 Å². The second-order valence-corrected chi connectivity index (χ2v) is 8.51. The number of rotatable bonds is 7. The number of nitrogens with one attached hydrogen (secondary N) is 2. The molecule has 1 aliphatic heterocycles. The molecule has 0 radical (unpaired) electrons. The van der Waals surface area contributed by atoms with E-state index in [4.69, 9.17) is 10.5 Å². The van der Waals surface area contributed by atoms with Crippen molar-refractivity contribution in [3.05, 3.63) is 35.4 Å². The molecule has 1 amide bonds. The highest BCUT2D eigenvalue weighted by Gasteiger charge is 2.35. The van der Waals surface area contributed by atoms with E-state index in [0.717, 1.165) is 5.56 Å². The van der Waals surface area contributed by atoms with Crippen molar-refractivity contribution in [2.75, 3.05) is 13.2 Å². The summed E-state index contributed by atoms with van der Waals surface area (Å²) in [5.41, 5.74) is 6.67. The predicted octanol–water partition coefficient (Wildman–Crippen LogP) is 1.06. The average molecular weight is 406 g/mol. The van der Waals surface area contributed by atoms with Gasteiger partial charge in [0.2, 0.25) is 15.9 Å². The minimum Gasteiger partial charge on any atom is -0.381 e. The van der Waals surface area contributed by atoms with Crippen LogP contribution < -0.4 is 15.8 Å². The minimum absolute atomic E-state index is 0. The van der Waals surface area contributed by atoms with Crippen molar-refractivity contribution >= 4 is 28.3 Å². The van der Waals surface area contributed by atoms with E-state index in [1.807, 2.05) is 12.1 Å². The zero-order valence-electron chi connectivity index (χ0n) is 15.2. The number of carbonyl (C=O) groups is 1. The molecule has 4 N–H and O–H groups in total. The molecule has 1 aliphatic rings. The Morgan fingerprint density at radius 1 is 1.23 bits per heavy atom. The van der Waals surface area contributed by atoms with Gasteiger partial charge in [-0.2, -0.15) is 0 Å². The number of hydrogen-bond donors (Lipinski definition) is 3. The van der Waals surface area contributed by atoms with Crippen molar-refractivity contribution in [1.29, 1.82) is 0 Å². The van der Waals surface area contributed by atoms with Crippen molar-refractivity contribution in [2.45, 2.75) is 50.6 Å². The predicted molar refractivity (Wildman–Crippen MR) is 103 cm³/mol. The van der Waals surface area contributed by atoms with Crippen LogP contribution in [0.25, 0.3) is 0 Å². The molecule has 1 fully saturated rings. The Balaban J connectivity index is 0.00000338. The van der Waals surface area contributed by atoms with Gasteiger partial charge in [0, 0.05) is 25.8 Å². The Morgan fingerprint density at radius 2 is 1.81 bits per heavy atom. The Hall–Kier alpha value is -1.19. The smallest absolute Gasteiger partial charge is 0.240 e. The van der Waals surface area contributed by atoms with Crippen LogP contribution in [0.1, 0.15) is 37.8 Å². The van der Waals surface area contributed by atoms with E-state index >= 15 is 0 Å². The summed E-state index contributed by atoms with van der Waals surface area (Å²) in [5, 5.41) is 2.84. The minimum atomic E-state index is -3.43. The molecule has 0 unspecified atom stereocenters. The summed E-state index contributed by atoms with van der Waals surface area (Å²) >= 11 is 0. The highest BCUT2D eigenvalue weighted by molar-refractivity contribution is 7.88. The Bertz CT molecular complexity index is 704. The van der Waals surface area contributed by atoms with Crippen LogP contribution in [-0.2, 0) is 31.9 Å². The molecule has 26 heavy (non-hydrogen) atoms. The summed E-state index contributed by atoms with van der Waals surface area (Å²) in [7, 11) is -3.43. The monoisotopic (exact) mass is 405 g/mol. The number of nitrogens with two attached hydrogens (primary N) is 1. The molecule has 0 bridgehead atoms. The zero-order chi connectivity index (χ0) is 18.5. The van der Waals surface area contributed by atoms with Crippen LogP contribution in [0.15, 0.2) is 24.3 Å². The van der Waals surface area contributed by atoms with Gasteiger partial charge in [-0.3, -0.25) is 4.79 Å². The lowest BCUT2D eigenvalue weighted by molar-refractivity contribution is -0.129. The van der Waals surface area contributed by atoms with Gasteiger partial charge in [-0.1, -0.05) is 24.3 Å². The highest BCUT2D eigenvalue weighted by atomic mass is 35.5. The third kappa shape index (κ3) is 6.51. The fourth-order valence-electron chi connectivity index (χ4n) is 2.79. The van der Waals surface area contributed by atoms with Gasteiger partial charge in [0.1, 0.15) is 0 Å². The quantitative estimate of drug-likeness (QED) is 0.628. The molecule has 7 nitrogen and oxygen atoms in total. The van der Waals surface area contributed by atoms with E-state index in [2.05, 4.69) is 10.0 Å². The highest BCUT2D eigenvalue weighted by Crippen LogP contribution is 2.18. The van der Waals surface area contributed by atoms with Crippen molar-refractivity contribution in [3.63, 3.8) is 0 Å². The second kappa shape index (κ2) is 9.66. The van der Waals surface area contributed by atoms with E-state index < -0.39 is 15.6 Å². The molecule has 148 valence electrons. The molecular weight excluding hydrogens is 378 g/mol. The molecule has 0 atom stereocenters. The van der Waals surface area contributed by atoms with Gasteiger partial charge < -0.3 is 15.8 Å². The van der Waals surface area contributed by atoms with Gasteiger partial charge in [-0.05, 0) is 37.8 Å². The molecule has 0 aromatic heterocycles. The van der Waals surface area contributed by atoms with Crippen LogP contribution >= 0.6 is 12.4 Å². The fraction of sp³-hybridized carbons (Fsp3) is 0.588. The van der Waals surface area contributed by atoms with Crippen LogP contribution in [0.5, 0.6) is 0 Å². The van der Waals surface area contributed by atoms with Crippen molar-refractivity contribution in [3.8, 4) is 0 Å². The first kappa shape index (κ1) is 22.9. The van der Waals surface area contributed by atoms with Gasteiger partial charge in [0.15, 0.2) is 0 Å². The topological polar surface area (TPSA) is 111 Å². The van der Waals surface area contributed by atoms with E-state index in [1.165, 1.54) is 0 Å². The summed E-state index contributed by atoms with van der Waals surface area (Å²) in [6.45, 7) is 4.74. The molecule has 1 heterocycles. The second-order valence-electron chi connectivity index (χ2n) is 6.75. The van der Waals surface area contributed by atoms with E-state index in [-0.39, 0.29) is 36.7 Å². The van der Waals surface area contributed by atoms with Gasteiger partial charge >= 0.3 is 0 Å². The van der Waals surface area contributed by atoms with Gasteiger partial charge in [-0.25, -0.2) is 13.1 Å². The largest absolute Gasteiger partial charge is 0.381 e. The van der Waals surface area contributed by atoms with Crippen LogP contribution in [0, 0.1) is 0 Å². The summed E-state index contributed by atoms with van der Waals surface area (Å²) < 4.78 is 32.2. The van der Waals surface area contributed by atoms with Gasteiger partial charge in [0.05, 0.1) is 11.3 Å². The molecule has 2 rings (SSSR count). The van der Waals surface area contributed by atoms with Crippen molar-refractivity contribution < 1.29 is 17.9 Å². The van der Waals surface area contributed by atoms with Gasteiger partial charge in [-0.15, -0.1) is 12.4 Å². The average Bonchev–Trinajstić information content (AvgIpc) is 2.52. The number of halogens is 1. The zero-order valence-corrected chi connectivity index (χ0v) is 16.8. The number of hydrogen-bond acceptors (Lipinski definition) is 5. The molecule has 0 saturated carbocycles. The summed E-state index contributed by atoms with van der Waals surface area (Å²) in [5.74, 6) is -0.354. The maximum Gasteiger partial charge on any atom is 0.240 e. The lowest BCUT2D eigenvalue weighted by Gasteiger charge is -2.31. The Labute approximate surface area is 161 Å². The molecule has 9 heteroatoms. The lowest BCUT2D eigenvalue weighted by Crippen LogP contribution is -2.56. The maximum atomic E-state index is 12.4. The molecule has 1 aromatic carbocycles. The number of carbonyl (C=O) groups excluding carboxylic acids is 1. The van der Waals surface area contributed by atoms with Crippen LogP contribution in [0.2, 0.25) is 0 Å². The van der Waals surface area contributed by atoms with Crippen molar-refractivity contribution in [2.24, 2.45) is 5.73 Å². The molecule has 1 aromatic rings. The van der Waals surface area contributed by atoms with E-state index in [1.54, 1.807) is 26.0 Å². The standard InChI is InChI=1S/C17H27N3O4S.ClH/c1-13(2)20-25(22,23)12-15-6-4-3-5-14(15)11-19-16(21)17(18)7-9-24-10-8-17;/h3-6,13,20H,7-12,18H2,1-2H3,(H,19,21);1H. The van der Waals surface area contributed by atoms with Gasteiger partial charge in [0.25, 0.3) is 0 Å².